The topological polar surface area (TPSA) is 83.1 Å². The molecule has 2 aliphatic rings. The molecule has 1 saturated carbocycles. The van der Waals surface area contributed by atoms with Crippen LogP contribution in [0.5, 0.6) is 11.5 Å². The summed E-state index contributed by atoms with van der Waals surface area (Å²) in [5, 5.41) is 2.96. The van der Waals surface area contributed by atoms with Crippen molar-refractivity contribution >= 4 is 12.1 Å². The third-order valence-corrected chi connectivity index (χ3v) is 5.37. The molecule has 0 radical (unpaired) electrons. The number of esters is 1. The molecule has 1 aromatic rings. The maximum Gasteiger partial charge on any atom is 0.407 e. The molecule has 1 aliphatic carbocycles. The fourth-order valence-corrected chi connectivity index (χ4v) is 4.11. The molecule has 0 spiro atoms. The zero-order valence-corrected chi connectivity index (χ0v) is 18.1. The predicted molar refractivity (Wildman–Crippen MR) is 108 cm³/mol. The average Bonchev–Trinajstić information content (AvgIpc) is 3.01. The van der Waals surface area contributed by atoms with Gasteiger partial charge in [0.15, 0.2) is 11.5 Å². The maximum absolute atomic E-state index is 12.5. The molecule has 1 N–H and O–H groups in total. The summed E-state index contributed by atoms with van der Waals surface area (Å²) in [5.41, 5.74) is 1.73. The summed E-state index contributed by atoms with van der Waals surface area (Å²) in [7, 11) is 1.39. The van der Waals surface area contributed by atoms with Crippen LogP contribution in [-0.4, -0.2) is 37.1 Å². The van der Waals surface area contributed by atoms with Crippen LogP contribution in [0.2, 0.25) is 0 Å². The zero-order valence-electron chi connectivity index (χ0n) is 18.1. The van der Waals surface area contributed by atoms with E-state index < -0.39 is 5.60 Å². The number of hydrogen-bond donors (Lipinski definition) is 1. The highest BCUT2D eigenvalue weighted by atomic mass is 16.7. The van der Waals surface area contributed by atoms with Gasteiger partial charge in [0, 0.05) is 18.5 Å². The minimum Gasteiger partial charge on any atom is -0.465 e. The fourth-order valence-electron chi connectivity index (χ4n) is 4.11. The SMILES string of the molecule is COC(=O)c1c(C2CCC(NC(=O)OC(C)(C)C)CC2)cc2c(c1C)OC(C)O2. The van der Waals surface area contributed by atoms with Crippen LogP contribution in [-0.2, 0) is 9.47 Å². The van der Waals surface area contributed by atoms with Gasteiger partial charge in [-0.25, -0.2) is 9.59 Å². The molecule has 1 heterocycles. The number of ether oxygens (including phenoxy) is 4. The average molecular weight is 405 g/mol. The molecule has 0 bridgehead atoms. The molecule has 7 heteroatoms. The summed E-state index contributed by atoms with van der Waals surface area (Å²) < 4.78 is 21.9. The highest BCUT2D eigenvalue weighted by Gasteiger charge is 2.33. The molecule has 1 aliphatic heterocycles. The summed E-state index contributed by atoms with van der Waals surface area (Å²) >= 11 is 0. The Morgan fingerprint density at radius 1 is 1.14 bits per heavy atom. The lowest BCUT2D eigenvalue weighted by atomic mass is 9.79. The van der Waals surface area contributed by atoms with Crippen molar-refractivity contribution < 1.29 is 28.5 Å². The van der Waals surface area contributed by atoms with Crippen molar-refractivity contribution in [3.8, 4) is 11.5 Å². The Kier molecular flexibility index (Phi) is 5.96. The quantitative estimate of drug-likeness (QED) is 0.748. The maximum atomic E-state index is 12.5. The number of amides is 1. The van der Waals surface area contributed by atoms with E-state index in [4.69, 9.17) is 18.9 Å². The number of alkyl carbamates (subject to hydrolysis) is 1. The Balaban J connectivity index is 1.75. The summed E-state index contributed by atoms with van der Waals surface area (Å²) in [5.74, 6) is 1.11. The minimum atomic E-state index is -0.516. The number of nitrogens with one attached hydrogen (secondary N) is 1. The number of carbonyl (C=O) groups is 2. The van der Waals surface area contributed by atoms with Gasteiger partial charge in [0.25, 0.3) is 0 Å². The Morgan fingerprint density at radius 3 is 2.38 bits per heavy atom. The summed E-state index contributed by atoms with van der Waals surface area (Å²) in [6.45, 7) is 9.23. The van der Waals surface area contributed by atoms with Crippen molar-refractivity contribution in [1.82, 2.24) is 5.32 Å². The second-order valence-corrected chi connectivity index (χ2v) is 8.78. The number of methoxy groups -OCH3 is 1. The van der Waals surface area contributed by atoms with Gasteiger partial charge in [0.05, 0.1) is 12.7 Å². The van der Waals surface area contributed by atoms with E-state index in [0.717, 1.165) is 36.8 Å². The Bertz CT molecular complexity index is 789. The molecule has 29 heavy (non-hydrogen) atoms. The molecular weight excluding hydrogens is 374 g/mol. The van der Waals surface area contributed by atoms with Gasteiger partial charge < -0.3 is 24.3 Å². The number of hydrogen-bond acceptors (Lipinski definition) is 6. The lowest BCUT2D eigenvalue weighted by Crippen LogP contribution is -2.40. The van der Waals surface area contributed by atoms with Gasteiger partial charge in [-0.3, -0.25) is 0 Å². The standard InChI is InChI=1S/C22H31NO6/c1-12-18(20(24)26-6)16(11-17-19(12)28-13(2)27-17)14-7-9-15(10-8-14)23-21(25)29-22(3,4)5/h11,13-15H,7-10H2,1-6H3,(H,23,25). The smallest absolute Gasteiger partial charge is 0.407 e. The van der Waals surface area contributed by atoms with Gasteiger partial charge >= 0.3 is 12.1 Å². The van der Waals surface area contributed by atoms with E-state index in [1.54, 1.807) is 0 Å². The van der Waals surface area contributed by atoms with Gasteiger partial charge in [-0.05, 0) is 70.9 Å². The van der Waals surface area contributed by atoms with E-state index in [-0.39, 0.29) is 30.3 Å². The van der Waals surface area contributed by atoms with E-state index in [9.17, 15) is 9.59 Å². The van der Waals surface area contributed by atoms with Crippen molar-refractivity contribution in [3.63, 3.8) is 0 Å². The second kappa shape index (κ2) is 8.13. The number of rotatable bonds is 3. The third kappa shape index (κ3) is 4.77. The van der Waals surface area contributed by atoms with Gasteiger partial charge in [-0.15, -0.1) is 0 Å². The third-order valence-electron chi connectivity index (χ3n) is 5.37. The molecule has 1 atom stereocenters. The Labute approximate surface area is 172 Å². The summed E-state index contributed by atoms with van der Waals surface area (Å²) in [6.07, 6.45) is 2.56. The first-order chi connectivity index (χ1) is 13.6. The van der Waals surface area contributed by atoms with E-state index in [1.165, 1.54) is 7.11 Å². The fraction of sp³-hybridized carbons (Fsp3) is 0.636. The highest BCUT2D eigenvalue weighted by molar-refractivity contribution is 5.94. The summed E-state index contributed by atoms with van der Waals surface area (Å²) in [4.78, 5) is 24.6. The predicted octanol–water partition coefficient (Wildman–Crippen LogP) is 4.45. The molecular formula is C22H31NO6. The lowest BCUT2D eigenvalue weighted by Gasteiger charge is -2.31. The van der Waals surface area contributed by atoms with Gasteiger partial charge in [0.1, 0.15) is 5.60 Å². The minimum absolute atomic E-state index is 0.0674. The molecule has 1 fully saturated rings. The van der Waals surface area contributed by atoms with Crippen molar-refractivity contribution in [2.75, 3.05) is 7.11 Å². The van der Waals surface area contributed by atoms with E-state index in [1.807, 2.05) is 40.7 Å². The molecule has 1 unspecified atom stereocenters. The van der Waals surface area contributed by atoms with Crippen LogP contribution >= 0.6 is 0 Å². The highest BCUT2D eigenvalue weighted by Crippen LogP contribution is 2.45. The monoisotopic (exact) mass is 405 g/mol. The van der Waals surface area contributed by atoms with Crippen molar-refractivity contribution in [2.24, 2.45) is 0 Å². The van der Waals surface area contributed by atoms with Crippen LogP contribution < -0.4 is 14.8 Å². The molecule has 3 rings (SSSR count). The zero-order chi connectivity index (χ0) is 21.3. The largest absolute Gasteiger partial charge is 0.465 e. The normalized spacial score (nSPS) is 23.4. The Morgan fingerprint density at radius 2 is 1.79 bits per heavy atom. The van der Waals surface area contributed by atoms with Gasteiger partial charge in [-0.1, -0.05) is 0 Å². The van der Waals surface area contributed by atoms with Gasteiger partial charge in [-0.2, -0.15) is 0 Å². The molecule has 160 valence electrons. The van der Waals surface area contributed by atoms with E-state index >= 15 is 0 Å². The first kappa shape index (κ1) is 21.3. The van der Waals surface area contributed by atoms with Crippen LogP contribution in [0.15, 0.2) is 6.07 Å². The van der Waals surface area contributed by atoms with Crippen molar-refractivity contribution in [1.29, 1.82) is 0 Å². The number of carbonyl (C=O) groups excluding carboxylic acids is 2. The van der Waals surface area contributed by atoms with Crippen LogP contribution in [0.25, 0.3) is 0 Å². The van der Waals surface area contributed by atoms with Crippen LogP contribution in [0.4, 0.5) is 4.79 Å². The van der Waals surface area contributed by atoms with Gasteiger partial charge in [0.2, 0.25) is 6.29 Å². The Hall–Kier alpha value is -2.44. The lowest BCUT2D eigenvalue weighted by molar-refractivity contribution is 0.0491. The van der Waals surface area contributed by atoms with Crippen LogP contribution in [0, 0.1) is 6.92 Å². The van der Waals surface area contributed by atoms with Crippen LogP contribution in [0.3, 0.4) is 0 Å². The summed E-state index contributed by atoms with van der Waals surface area (Å²) in [6, 6.07) is 1.99. The molecule has 1 amide bonds. The molecule has 7 nitrogen and oxygen atoms in total. The van der Waals surface area contributed by atoms with Crippen molar-refractivity contribution in [2.45, 2.75) is 84.2 Å². The number of benzene rings is 1. The first-order valence-electron chi connectivity index (χ1n) is 10.2. The second-order valence-electron chi connectivity index (χ2n) is 8.78. The molecule has 0 aromatic heterocycles. The molecule has 0 saturated heterocycles. The van der Waals surface area contributed by atoms with Crippen LogP contribution in [0.1, 0.15) is 80.8 Å². The van der Waals surface area contributed by atoms with Crippen molar-refractivity contribution in [3.05, 3.63) is 22.8 Å². The number of fused-ring (bicyclic) bond motifs is 1. The van der Waals surface area contributed by atoms with E-state index in [0.29, 0.717) is 17.1 Å². The molecule has 1 aromatic carbocycles. The first-order valence-corrected chi connectivity index (χ1v) is 10.2. The van der Waals surface area contributed by atoms with E-state index in [2.05, 4.69) is 5.32 Å².